The molecule has 0 aliphatic carbocycles. The van der Waals surface area contributed by atoms with Gasteiger partial charge in [0.05, 0.1) is 26.4 Å². The van der Waals surface area contributed by atoms with Crippen LogP contribution >= 0.6 is 0 Å². The lowest BCUT2D eigenvalue weighted by atomic mass is 9.97. The molecule has 4 aliphatic heterocycles. The molecule has 0 aromatic rings. The number of rotatable bonds is 8. The average molecular weight is 607 g/mol. The molecule has 41 heavy (non-hydrogen) atoms. The van der Waals surface area contributed by atoms with Crippen molar-refractivity contribution in [2.45, 2.75) is 111 Å². The third kappa shape index (κ3) is 6.83. The second kappa shape index (κ2) is 13.9. The summed E-state index contributed by atoms with van der Waals surface area (Å²) in [5.74, 6) is 0. The molecule has 0 saturated carbocycles. The number of ether oxygens (including phenoxy) is 7. The van der Waals surface area contributed by atoms with Gasteiger partial charge in [-0.3, -0.25) is 0 Å². The second-order valence-corrected chi connectivity index (χ2v) is 10.2. The highest BCUT2D eigenvalue weighted by atomic mass is 16.8. The van der Waals surface area contributed by atoms with E-state index in [1.807, 2.05) is 0 Å². The monoisotopic (exact) mass is 606 g/mol. The molecule has 0 amide bonds. The van der Waals surface area contributed by atoms with Gasteiger partial charge in [-0.25, -0.2) is 0 Å². The lowest BCUT2D eigenvalue weighted by Gasteiger charge is -2.47. The van der Waals surface area contributed by atoms with Gasteiger partial charge in [0.1, 0.15) is 85.5 Å². The molecule has 4 fully saturated rings. The van der Waals surface area contributed by atoms with Gasteiger partial charge in [-0.2, -0.15) is 0 Å². The molecule has 4 rings (SSSR count). The number of hydrogen-bond acceptors (Lipinski definition) is 19. The van der Waals surface area contributed by atoms with Crippen LogP contribution in [-0.4, -0.2) is 198 Å². The van der Waals surface area contributed by atoms with Crippen LogP contribution in [0.3, 0.4) is 0 Å². The van der Waals surface area contributed by atoms with Crippen LogP contribution in [0.1, 0.15) is 0 Å². The Morgan fingerprint density at radius 3 is 1.68 bits per heavy atom. The van der Waals surface area contributed by atoms with Crippen molar-refractivity contribution in [1.82, 2.24) is 0 Å². The van der Waals surface area contributed by atoms with Crippen LogP contribution in [-0.2, 0) is 33.2 Å². The third-order valence-corrected chi connectivity index (χ3v) is 7.45. The van der Waals surface area contributed by atoms with E-state index >= 15 is 0 Å². The maximum atomic E-state index is 11.0. The predicted octanol–water partition coefficient (Wildman–Crippen LogP) is -8.47. The lowest BCUT2D eigenvalue weighted by molar-refractivity contribution is -0.384. The Labute approximate surface area is 232 Å². The van der Waals surface area contributed by atoms with E-state index in [2.05, 4.69) is 0 Å². The van der Waals surface area contributed by atoms with E-state index in [-0.39, 0.29) is 0 Å². The van der Waals surface area contributed by atoms with E-state index < -0.39 is 137 Å². The first-order valence-corrected chi connectivity index (χ1v) is 12.9. The summed E-state index contributed by atoms with van der Waals surface area (Å²) in [5, 5.41) is 121. The van der Waals surface area contributed by atoms with Crippen molar-refractivity contribution in [1.29, 1.82) is 0 Å². The fraction of sp³-hybridized carbons (Fsp3) is 1.00. The molecule has 18 atom stereocenters. The zero-order valence-electron chi connectivity index (χ0n) is 21.4. The minimum Gasteiger partial charge on any atom is -0.394 e. The van der Waals surface area contributed by atoms with Gasteiger partial charge in [-0.15, -0.1) is 0 Å². The Balaban J connectivity index is 1.48. The van der Waals surface area contributed by atoms with Crippen molar-refractivity contribution in [3.8, 4) is 0 Å². The highest BCUT2D eigenvalue weighted by molar-refractivity contribution is 4.95. The summed E-state index contributed by atoms with van der Waals surface area (Å²) in [4.78, 5) is 0. The largest absolute Gasteiger partial charge is 0.394 e. The Kier molecular flexibility index (Phi) is 11.2. The minimum atomic E-state index is -1.87. The summed E-state index contributed by atoms with van der Waals surface area (Å²) in [7, 11) is 0. The maximum absolute atomic E-state index is 11.0. The highest BCUT2D eigenvalue weighted by Gasteiger charge is 2.53. The summed E-state index contributed by atoms with van der Waals surface area (Å²) in [6, 6.07) is 0. The standard InChI is InChI=1S/C22H38O19/c23-1-6-10(27)13(30)16(33)21(37-6)40-17-12(29)8(4-35-19(17)34)39-22-18(14(31)11(28)7(2-24)38-22)41-20-15(32)9(26)5(25)3-36-20/h5-34H,1-4H2/t5-,6-,7-,8+,9+,10-,11-,12+,13+,14+,15-,16-,17-,18-,19-,20+,21+,22+/m1/s1. The van der Waals surface area contributed by atoms with Gasteiger partial charge in [0, 0.05) is 0 Å². The number of hydrogen-bond donors (Lipinski definition) is 12. The van der Waals surface area contributed by atoms with E-state index in [0.717, 1.165) is 0 Å². The van der Waals surface area contributed by atoms with Gasteiger partial charge in [0.25, 0.3) is 0 Å². The van der Waals surface area contributed by atoms with E-state index in [1.54, 1.807) is 0 Å². The number of aliphatic hydroxyl groups excluding tert-OH is 12. The molecule has 4 saturated heterocycles. The molecule has 4 aliphatic rings. The van der Waals surface area contributed by atoms with Gasteiger partial charge in [0.2, 0.25) is 0 Å². The van der Waals surface area contributed by atoms with Crippen molar-refractivity contribution in [3.05, 3.63) is 0 Å². The summed E-state index contributed by atoms with van der Waals surface area (Å²) in [5.41, 5.74) is 0. The molecule has 0 radical (unpaired) electrons. The summed E-state index contributed by atoms with van der Waals surface area (Å²) in [6.45, 7) is -2.52. The zero-order valence-corrected chi connectivity index (χ0v) is 21.4. The first-order chi connectivity index (χ1) is 19.4. The maximum Gasteiger partial charge on any atom is 0.187 e. The molecular weight excluding hydrogens is 568 g/mol. The van der Waals surface area contributed by atoms with Crippen molar-refractivity contribution in [2.75, 3.05) is 26.4 Å². The third-order valence-electron chi connectivity index (χ3n) is 7.45. The van der Waals surface area contributed by atoms with Crippen LogP contribution in [0.2, 0.25) is 0 Å². The topological polar surface area (TPSA) is 307 Å². The quantitative estimate of drug-likeness (QED) is 0.122. The normalized spacial score (nSPS) is 53.3. The Bertz CT molecular complexity index is 822. The Morgan fingerprint density at radius 2 is 1.05 bits per heavy atom. The van der Waals surface area contributed by atoms with Crippen LogP contribution in [0.25, 0.3) is 0 Å². The molecule has 0 spiro atoms. The first kappa shape index (κ1) is 33.1. The van der Waals surface area contributed by atoms with Crippen molar-refractivity contribution in [2.24, 2.45) is 0 Å². The molecule has 19 nitrogen and oxygen atoms in total. The molecule has 0 unspecified atom stereocenters. The molecule has 0 aromatic heterocycles. The average Bonchev–Trinajstić information content (AvgIpc) is 2.95. The molecule has 4 heterocycles. The molecule has 19 heteroatoms. The van der Waals surface area contributed by atoms with E-state index in [4.69, 9.17) is 33.2 Å². The zero-order chi connectivity index (χ0) is 30.2. The fourth-order valence-electron chi connectivity index (χ4n) is 4.91. The van der Waals surface area contributed by atoms with E-state index in [0.29, 0.717) is 0 Å². The van der Waals surface area contributed by atoms with Crippen LogP contribution in [0.15, 0.2) is 0 Å². The number of aliphatic hydroxyl groups is 12. The summed E-state index contributed by atoms with van der Waals surface area (Å²) in [6.07, 6.45) is -30.2. The van der Waals surface area contributed by atoms with Gasteiger partial charge >= 0.3 is 0 Å². The Morgan fingerprint density at radius 1 is 0.488 bits per heavy atom. The van der Waals surface area contributed by atoms with Gasteiger partial charge < -0.3 is 94.4 Å². The predicted molar refractivity (Wildman–Crippen MR) is 122 cm³/mol. The van der Waals surface area contributed by atoms with Crippen molar-refractivity contribution >= 4 is 0 Å². The van der Waals surface area contributed by atoms with Crippen LogP contribution in [0, 0.1) is 0 Å². The van der Waals surface area contributed by atoms with Gasteiger partial charge in [-0.05, 0) is 0 Å². The fourth-order valence-corrected chi connectivity index (χ4v) is 4.91. The second-order valence-electron chi connectivity index (χ2n) is 10.2. The van der Waals surface area contributed by atoms with Crippen LogP contribution < -0.4 is 0 Å². The van der Waals surface area contributed by atoms with E-state index in [9.17, 15) is 61.3 Å². The van der Waals surface area contributed by atoms with Crippen molar-refractivity contribution in [3.63, 3.8) is 0 Å². The summed E-state index contributed by atoms with van der Waals surface area (Å²) >= 11 is 0. The Hall–Kier alpha value is -0.760. The molecule has 12 N–H and O–H groups in total. The first-order valence-electron chi connectivity index (χ1n) is 12.9. The van der Waals surface area contributed by atoms with E-state index in [1.165, 1.54) is 0 Å². The SMILES string of the molecule is OC[C@H]1O[C@@H](O[C@@H]2[C@@H](O)[C@@H](O[C@@H]3O[C@H](CO)[C@@H](O)[C@H](O)[C@H]3O[C@@H]3OC[C@@H](O)[C@H](O)[C@H]3O)CO[C@H]2O)[C@H](O)[C@@H](O)[C@@H]1O. The molecule has 0 bridgehead atoms. The summed E-state index contributed by atoms with van der Waals surface area (Å²) < 4.78 is 37.8. The molecular formula is C22H38O19. The van der Waals surface area contributed by atoms with Crippen molar-refractivity contribution < 1.29 is 94.4 Å². The highest BCUT2D eigenvalue weighted by Crippen LogP contribution is 2.32. The van der Waals surface area contributed by atoms with Crippen LogP contribution in [0.4, 0.5) is 0 Å². The van der Waals surface area contributed by atoms with Gasteiger partial charge in [0.15, 0.2) is 25.2 Å². The minimum absolute atomic E-state index is 0.454. The van der Waals surface area contributed by atoms with Gasteiger partial charge in [-0.1, -0.05) is 0 Å². The lowest BCUT2D eigenvalue weighted by Crippen LogP contribution is -2.65. The molecule has 0 aromatic carbocycles. The van der Waals surface area contributed by atoms with Crippen LogP contribution in [0.5, 0.6) is 0 Å². The molecule has 240 valence electrons. The smallest absolute Gasteiger partial charge is 0.187 e.